The standard InChI is InChI=1S/C13H19BrN4O/c1-8-7-17(2)5-6-18(8)13(19)12-10(14)11(15-16-12)9-3-4-9/h8-9H,3-7H2,1-2H3,(H,15,16). The third-order valence-corrected chi connectivity index (χ3v) is 4.81. The van der Waals surface area contributed by atoms with Gasteiger partial charge in [-0.15, -0.1) is 0 Å². The van der Waals surface area contributed by atoms with E-state index in [1.807, 2.05) is 4.90 Å². The number of hydrogen-bond donors (Lipinski definition) is 1. The lowest BCUT2D eigenvalue weighted by Crippen LogP contribution is -2.52. The number of halogens is 1. The van der Waals surface area contributed by atoms with Crippen molar-refractivity contribution in [1.82, 2.24) is 20.0 Å². The molecule has 2 heterocycles. The highest BCUT2D eigenvalue weighted by atomic mass is 79.9. The summed E-state index contributed by atoms with van der Waals surface area (Å²) in [5.74, 6) is 0.601. The van der Waals surface area contributed by atoms with Gasteiger partial charge >= 0.3 is 0 Å². The Morgan fingerprint density at radius 2 is 2.16 bits per heavy atom. The third-order valence-electron chi connectivity index (χ3n) is 4.01. The highest BCUT2D eigenvalue weighted by Gasteiger charge is 2.33. The van der Waals surface area contributed by atoms with E-state index in [0.29, 0.717) is 11.6 Å². The van der Waals surface area contributed by atoms with E-state index in [4.69, 9.17) is 0 Å². The van der Waals surface area contributed by atoms with Crippen LogP contribution in [0, 0.1) is 0 Å². The molecule has 2 aliphatic rings. The van der Waals surface area contributed by atoms with E-state index in [-0.39, 0.29) is 11.9 Å². The number of aromatic amines is 1. The van der Waals surface area contributed by atoms with E-state index >= 15 is 0 Å². The van der Waals surface area contributed by atoms with Gasteiger partial charge in [-0.25, -0.2) is 0 Å². The van der Waals surface area contributed by atoms with Crippen molar-refractivity contribution in [3.63, 3.8) is 0 Å². The highest BCUT2D eigenvalue weighted by Crippen LogP contribution is 2.43. The molecule has 0 spiro atoms. The van der Waals surface area contributed by atoms with Gasteiger partial charge in [-0.05, 0) is 42.7 Å². The number of amides is 1. The minimum absolute atomic E-state index is 0.0376. The zero-order valence-corrected chi connectivity index (χ0v) is 12.9. The minimum atomic E-state index is 0.0376. The lowest BCUT2D eigenvalue weighted by Gasteiger charge is -2.37. The average molecular weight is 327 g/mol. The Balaban J connectivity index is 1.79. The smallest absolute Gasteiger partial charge is 0.275 e. The third kappa shape index (κ3) is 2.43. The zero-order valence-electron chi connectivity index (χ0n) is 11.3. The molecule has 19 heavy (non-hydrogen) atoms. The van der Waals surface area contributed by atoms with Crippen LogP contribution >= 0.6 is 15.9 Å². The van der Waals surface area contributed by atoms with Crippen LogP contribution in [0.5, 0.6) is 0 Å². The van der Waals surface area contributed by atoms with Crippen LogP contribution in [0.4, 0.5) is 0 Å². The number of nitrogens with zero attached hydrogens (tertiary/aromatic N) is 3. The summed E-state index contributed by atoms with van der Waals surface area (Å²) in [4.78, 5) is 16.8. The summed E-state index contributed by atoms with van der Waals surface area (Å²) < 4.78 is 0.867. The van der Waals surface area contributed by atoms with Crippen molar-refractivity contribution in [3.8, 4) is 0 Å². The molecule has 104 valence electrons. The molecular weight excluding hydrogens is 308 g/mol. The van der Waals surface area contributed by atoms with Crippen LogP contribution in [-0.2, 0) is 0 Å². The maximum Gasteiger partial charge on any atom is 0.275 e. The van der Waals surface area contributed by atoms with Gasteiger partial charge < -0.3 is 9.80 Å². The summed E-state index contributed by atoms with van der Waals surface area (Å²) in [5, 5.41) is 7.25. The fourth-order valence-electron chi connectivity index (χ4n) is 2.70. The summed E-state index contributed by atoms with van der Waals surface area (Å²) in [5.41, 5.74) is 1.63. The maximum atomic E-state index is 12.6. The van der Waals surface area contributed by atoms with Crippen molar-refractivity contribution in [1.29, 1.82) is 0 Å². The molecular formula is C13H19BrN4O. The van der Waals surface area contributed by atoms with E-state index in [0.717, 1.165) is 29.8 Å². The predicted octanol–water partition coefficient (Wildman–Crippen LogP) is 1.83. The molecule has 1 aliphatic carbocycles. The second-order valence-electron chi connectivity index (χ2n) is 5.68. The molecule has 1 saturated heterocycles. The van der Waals surface area contributed by atoms with E-state index in [2.05, 4.69) is 45.0 Å². The number of carbonyl (C=O) groups is 1. The Kier molecular flexibility index (Phi) is 3.39. The Morgan fingerprint density at radius 1 is 1.42 bits per heavy atom. The molecule has 1 unspecified atom stereocenters. The molecule has 1 saturated carbocycles. The Hall–Kier alpha value is -0.880. The number of hydrogen-bond acceptors (Lipinski definition) is 3. The minimum Gasteiger partial charge on any atom is -0.332 e. The second-order valence-corrected chi connectivity index (χ2v) is 6.48. The molecule has 1 amide bonds. The van der Waals surface area contributed by atoms with Crippen molar-refractivity contribution in [2.45, 2.75) is 31.7 Å². The zero-order chi connectivity index (χ0) is 13.6. The van der Waals surface area contributed by atoms with Gasteiger partial charge in [0.25, 0.3) is 5.91 Å². The van der Waals surface area contributed by atoms with Gasteiger partial charge in [0.05, 0.1) is 10.2 Å². The second kappa shape index (κ2) is 4.90. The number of nitrogens with one attached hydrogen (secondary N) is 1. The first-order chi connectivity index (χ1) is 9.08. The predicted molar refractivity (Wildman–Crippen MR) is 76.3 cm³/mol. The Bertz CT molecular complexity index is 497. The number of rotatable bonds is 2. The lowest BCUT2D eigenvalue weighted by molar-refractivity contribution is 0.0527. The van der Waals surface area contributed by atoms with Crippen LogP contribution in [0.3, 0.4) is 0 Å². The fourth-order valence-corrected chi connectivity index (χ4v) is 3.37. The Morgan fingerprint density at radius 3 is 2.79 bits per heavy atom. The monoisotopic (exact) mass is 326 g/mol. The summed E-state index contributed by atoms with van der Waals surface area (Å²) >= 11 is 3.54. The van der Waals surface area contributed by atoms with Crippen LogP contribution in [-0.4, -0.2) is 58.6 Å². The summed E-state index contributed by atoms with van der Waals surface area (Å²) in [6, 6.07) is 0.235. The van der Waals surface area contributed by atoms with Gasteiger partial charge in [-0.3, -0.25) is 9.89 Å². The van der Waals surface area contributed by atoms with Gasteiger partial charge in [-0.2, -0.15) is 5.10 Å². The first kappa shape index (κ1) is 13.1. The van der Waals surface area contributed by atoms with Crippen LogP contribution < -0.4 is 0 Å². The van der Waals surface area contributed by atoms with E-state index < -0.39 is 0 Å². The van der Waals surface area contributed by atoms with E-state index in [9.17, 15) is 4.79 Å². The number of aromatic nitrogens is 2. The number of likely N-dealkylation sites (N-methyl/N-ethyl adjacent to an activating group) is 1. The molecule has 0 radical (unpaired) electrons. The molecule has 1 aromatic rings. The van der Waals surface area contributed by atoms with Gasteiger partial charge in [0.2, 0.25) is 0 Å². The SMILES string of the molecule is CC1CN(C)CCN1C(=O)c1n[nH]c(C2CC2)c1Br. The topological polar surface area (TPSA) is 52.2 Å². The van der Waals surface area contributed by atoms with E-state index in [1.165, 1.54) is 12.8 Å². The van der Waals surface area contributed by atoms with Crippen molar-refractivity contribution < 1.29 is 4.79 Å². The summed E-state index contributed by atoms with van der Waals surface area (Å²) in [6.07, 6.45) is 2.39. The van der Waals surface area contributed by atoms with Gasteiger partial charge in [0.15, 0.2) is 5.69 Å². The molecule has 2 fully saturated rings. The number of carbonyl (C=O) groups excluding carboxylic acids is 1. The first-order valence-electron chi connectivity index (χ1n) is 6.81. The van der Waals surface area contributed by atoms with E-state index in [1.54, 1.807) is 0 Å². The number of H-pyrrole nitrogens is 1. The molecule has 6 heteroatoms. The maximum absolute atomic E-state index is 12.6. The van der Waals surface area contributed by atoms with Gasteiger partial charge in [0.1, 0.15) is 0 Å². The largest absolute Gasteiger partial charge is 0.332 e. The summed E-state index contributed by atoms with van der Waals surface area (Å²) in [6.45, 7) is 4.71. The van der Waals surface area contributed by atoms with Crippen LogP contribution in [0.1, 0.15) is 41.9 Å². The quantitative estimate of drug-likeness (QED) is 0.902. The first-order valence-corrected chi connectivity index (χ1v) is 7.60. The lowest BCUT2D eigenvalue weighted by atomic mass is 10.1. The highest BCUT2D eigenvalue weighted by molar-refractivity contribution is 9.10. The molecule has 1 aromatic heterocycles. The number of piperazine rings is 1. The fraction of sp³-hybridized carbons (Fsp3) is 0.692. The summed E-state index contributed by atoms with van der Waals surface area (Å²) in [7, 11) is 2.09. The molecule has 1 aliphatic heterocycles. The Labute approximate surface area is 121 Å². The molecule has 3 rings (SSSR count). The van der Waals surface area contributed by atoms with Crippen molar-refractivity contribution in [2.24, 2.45) is 0 Å². The average Bonchev–Trinajstić information content (AvgIpc) is 3.12. The normalized spacial score (nSPS) is 24.8. The van der Waals surface area contributed by atoms with Crippen LogP contribution in [0.15, 0.2) is 4.47 Å². The van der Waals surface area contributed by atoms with Crippen molar-refractivity contribution >= 4 is 21.8 Å². The van der Waals surface area contributed by atoms with Crippen molar-refractivity contribution in [3.05, 3.63) is 15.9 Å². The van der Waals surface area contributed by atoms with Crippen molar-refractivity contribution in [2.75, 3.05) is 26.7 Å². The molecule has 0 aromatic carbocycles. The van der Waals surface area contributed by atoms with Crippen LogP contribution in [0.25, 0.3) is 0 Å². The van der Waals surface area contributed by atoms with Gasteiger partial charge in [0, 0.05) is 31.6 Å². The van der Waals surface area contributed by atoms with Crippen LogP contribution in [0.2, 0.25) is 0 Å². The molecule has 5 nitrogen and oxygen atoms in total. The molecule has 0 bridgehead atoms. The molecule has 1 atom stereocenters. The van der Waals surface area contributed by atoms with Gasteiger partial charge in [-0.1, -0.05) is 0 Å². The molecule has 1 N–H and O–H groups in total.